The molecule has 0 radical (unpaired) electrons. The molecule has 0 spiro atoms. The van der Waals surface area contributed by atoms with E-state index in [1.54, 1.807) is 6.20 Å². The molecule has 0 aliphatic rings. The van der Waals surface area contributed by atoms with Crippen LogP contribution in [0.4, 0.5) is 17.6 Å². The van der Waals surface area contributed by atoms with Crippen molar-refractivity contribution < 1.29 is 0 Å². The van der Waals surface area contributed by atoms with Gasteiger partial charge in [0.25, 0.3) is 0 Å². The molecular weight excluding hydrogens is 264 g/mol. The molecule has 6 heteroatoms. The van der Waals surface area contributed by atoms with Crippen LogP contribution in [-0.2, 0) is 0 Å². The molecule has 21 heavy (non-hydrogen) atoms. The van der Waals surface area contributed by atoms with Gasteiger partial charge in [0.05, 0.1) is 0 Å². The minimum Gasteiger partial charge on any atom is -0.368 e. The minimum atomic E-state index is 0.292. The zero-order valence-electron chi connectivity index (χ0n) is 11.9. The van der Waals surface area contributed by atoms with Gasteiger partial charge in [-0.15, -0.1) is 5.10 Å². The average Bonchev–Trinajstić information content (AvgIpc) is 2.84. The third-order valence-electron chi connectivity index (χ3n) is 3.26. The summed E-state index contributed by atoms with van der Waals surface area (Å²) in [6.45, 7) is 4.14. The highest BCUT2D eigenvalue weighted by Gasteiger charge is 2.09. The fourth-order valence-electron chi connectivity index (χ4n) is 1.97. The number of hydrogen-bond acceptors (Lipinski definition) is 5. The molecule has 0 aliphatic carbocycles. The van der Waals surface area contributed by atoms with Crippen LogP contribution in [0, 0.1) is 13.8 Å². The Hall–Kier alpha value is -2.89. The molecule has 0 saturated heterocycles. The zero-order chi connectivity index (χ0) is 14.8. The lowest BCUT2D eigenvalue weighted by Gasteiger charge is -2.05. The molecule has 6 nitrogen and oxygen atoms in total. The molecule has 0 unspecified atom stereocenters. The Balaban J connectivity index is 1.89. The number of nitrogens with two attached hydrogens (primary N) is 1. The van der Waals surface area contributed by atoms with Crippen molar-refractivity contribution in [1.29, 1.82) is 0 Å². The molecule has 3 aromatic rings. The summed E-state index contributed by atoms with van der Waals surface area (Å²) in [5.41, 5.74) is 9.27. The highest BCUT2D eigenvalue weighted by atomic mass is 15.4. The topological polar surface area (TPSA) is 81.6 Å². The number of hydrogen-bond donors (Lipinski definition) is 2. The molecule has 2 aromatic heterocycles. The van der Waals surface area contributed by atoms with Crippen molar-refractivity contribution in [1.82, 2.24) is 19.7 Å². The number of aromatic nitrogens is 4. The Kier molecular flexibility index (Phi) is 3.27. The van der Waals surface area contributed by atoms with Gasteiger partial charge in [0, 0.05) is 11.9 Å². The van der Waals surface area contributed by atoms with E-state index in [2.05, 4.69) is 40.3 Å². The Morgan fingerprint density at radius 3 is 2.67 bits per heavy atom. The molecule has 3 N–H and O–H groups in total. The summed E-state index contributed by atoms with van der Waals surface area (Å²) in [5.74, 6) is 1.37. The second kappa shape index (κ2) is 5.24. The molecule has 106 valence electrons. The second-order valence-electron chi connectivity index (χ2n) is 4.82. The number of benzene rings is 1. The minimum absolute atomic E-state index is 0.292. The second-order valence-corrected chi connectivity index (χ2v) is 4.82. The Labute approximate surface area is 122 Å². The molecule has 0 saturated carbocycles. The molecule has 2 heterocycles. The summed E-state index contributed by atoms with van der Waals surface area (Å²) in [6, 6.07) is 11.6. The molecule has 0 aliphatic heterocycles. The van der Waals surface area contributed by atoms with Crippen LogP contribution in [-0.4, -0.2) is 19.7 Å². The van der Waals surface area contributed by atoms with Crippen LogP contribution >= 0.6 is 0 Å². The van der Waals surface area contributed by atoms with Crippen LogP contribution < -0.4 is 11.1 Å². The lowest BCUT2D eigenvalue weighted by atomic mass is 10.1. The van der Waals surface area contributed by atoms with Gasteiger partial charge in [-0.25, -0.2) is 4.98 Å². The first kappa shape index (κ1) is 13.1. The summed E-state index contributed by atoms with van der Waals surface area (Å²) < 4.78 is 1.50. The van der Waals surface area contributed by atoms with E-state index in [9.17, 15) is 0 Å². The number of aryl methyl sites for hydroxylation is 2. The molecule has 1 aromatic carbocycles. The van der Waals surface area contributed by atoms with E-state index in [4.69, 9.17) is 5.73 Å². The first-order chi connectivity index (χ1) is 10.1. The summed E-state index contributed by atoms with van der Waals surface area (Å²) in [6.07, 6.45) is 1.69. The van der Waals surface area contributed by atoms with Crippen molar-refractivity contribution >= 4 is 17.6 Å². The van der Waals surface area contributed by atoms with Crippen LogP contribution in [0.5, 0.6) is 0 Å². The van der Waals surface area contributed by atoms with Gasteiger partial charge < -0.3 is 11.1 Å². The smallest absolute Gasteiger partial charge is 0.248 e. The van der Waals surface area contributed by atoms with Gasteiger partial charge in [0.15, 0.2) is 5.82 Å². The van der Waals surface area contributed by atoms with Crippen LogP contribution in [0.2, 0.25) is 0 Å². The molecule has 3 rings (SSSR count). The Bertz CT molecular complexity index is 763. The normalized spacial score (nSPS) is 10.6. The third kappa shape index (κ3) is 2.69. The summed E-state index contributed by atoms with van der Waals surface area (Å²) in [7, 11) is 0. The van der Waals surface area contributed by atoms with E-state index in [0.717, 1.165) is 5.69 Å². The largest absolute Gasteiger partial charge is 0.368 e. The van der Waals surface area contributed by atoms with E-state index in [1.807, 2.05) is 30.3 Å². The van der Waals surface area contributed by atoms with Crippen LogP contribution in [0.3, 0.4) is 0 Å². The number of rotatable bonds is 3. The maximum absolute atomic E-state index is 5.89. The fourth-order valence-corrected chi connectivity index (χ4v) is 1.97. The maximum atomic E-state index is 5.89. The van der Waals surface area contributed by atoms with Gasteiger partial charge in [-0.05, 0) is 49.2 Å². The maximum Gasteiger partial charge on any atom is 0.248 e. The van der Waals surface area contributed by atoms with E-state index in [1.165, 1.54) is 15.8 Å². The van der Waals surface area contributed by atoms with Gasteiger partial charge in [-0.2, -0.15) is 9.67 Å². The van der Waals surface area contributed by atoms with Crippen molar-refractivity contribution in [2.24, 2.45) is 0 Å². The number of pyridine rings is 1. The van der Waals surface area contributed by atoms with Gasteiger partial charge in [0.1, 0.15) is 0 Å². The van der Waals surface area contributed by atoms with Gasteiger partial charge >= 0.3 is 0 Å². The van der Waals surface area contributed by atoms with E-state index < -0.39 is 0 Å². The number of nitrogens with zero attached hydrogens (tertiary/aromatic N) is 4. The van der Waals surface area contributed by atoms with Crippen molar-refractivity contribution in [3.63, 3.8) is 0 Å². The fraction of sp³-hybridized carbons (Fsp3) is 0.133. The summed E-state index contributed by atoms with van der Waals surface area (Å²) in [5, 5.41) is 7.49. The standard InChI is InChI=1S/C15H16N6/c1-10-6-7-12(9-11(10)2)18-15-19-14(16)21(20-15)13-5-3-4-8-17-13/h3-9H,1-2H3,(H3,16,18,19,20). The Morgan fingerprint density at radius 2 is 1.95 bits per heavy atom. The molecule has 0 fully saturated rings. The Morgan fingerprint density at radius 1 is 1.10 bits per heavy atom. The van der Waals surface area contributed by atoms with E-state index >= 15 is 0 Å². The molecular formula is C15H16N6. The average molecular weight is 280 g/mol. The van der Waals surface area contributed by atoms with Crippen LogP contribution in [0.1, 0.15) is 11.1 Å². The number of anilines is 3. The van der Waals surface area contributed by atoms with E-state index in [0.29, 0.717) is 17.7 Å². The van der Waals surface area contributed by atoms with Crippen molar-refractivity contribution in [2.45, 2.75) is 13.8 Å². The van der Waals surface area contributed by atoms with Crippen LogP contribution in [0.15, 0.2) is 42.6 Å². The highest BCUT2D eigenvalue weighted by molar-refractivity contribution is 5.56. The zero-order valence-corrected chi connectivity index (χ0v) is 11.9. The number of nitrogens with one attached hydrogen (secondary N) is 1. The van der Waals surface area contributed by atoms with Crippen LogP contribution in [0.25, 0.3) is 5.82 Å². The summed E-state index contributed by atoms with van der Waals surface area (Å²) >= 11 is 0. The first-order valence-corrected chi connectivity index (χ1v) is 6.62. The molecule has 0 amide bonds. The molecule has 0 atom stereocenters. The third-order valence-corrected chi connectivity index (χ3v) is 3.26. The van der Waals surface area contributed by atoms with E-state index in [-0.39, 0.29) is 0 Å². The van der Waals surface area contributed by atoms with Gasteiger partial charge in [0.2, 0.25) is 11.9 Å². The summed E-state index contributed by atoms with van der Waals surface area (Å²) in [4.78, 5) is 8.42. The lowest BCUT2D eigenvalue weighted by molar-refractivity contribution is 0.859. The lowest BCUT2D eigenvalue weighted by Crippen LogP contribution is -2.04. The molecule has 0 bridgehead atoms. The first-order valence-electron chi connectivity index (χ1n) is 6.62. The van der Waals surface area contributed by atoms with Gasteiger partial charge in [-0.3, -0.25) is 0 Å². The van der Waals surface area contributed by atoms with Crippen molar-refractivity contribution in [3.8, 4) is 5.82 Å². The highest BCUT2D eigenvalue weighted by Crippen LogP contribution is 2.19. The monoisotopic (exact) mass is 280 g/mol. The van der Waals surface area contributed by atoms with Crippen molar-refractivity contribution in [2.75, 3.05) is 11.1 Å². The SMILES string of the molecule is Cc1ccc(Nc2nc(N)n(-c3ccccn3)n2)cc1C. The number of nitrogen functional groups attached to an aromatic ring is 1. The predicted octanol–water partition coefficient (Wildman–Crippen LogP) is 2.60. The predicted molar refractivity (Wildman–Crippen MR) is 82.8 cm³/mol. The van der Waals surface area contributed by atoms with Crippen molar-refractivity contribution in [3.05, 3.63) is 53.7 Å². The quantitative estimate of drug-likeness (QED) is 0.770. The van der Waals surface area contributed by atoms with Gasteiger partial charge in [-0.1, -0.05) is 12.1 Å².